The van der Waals surface area contributed by atoms with Crippen LogP contribution in [0, 0.1) is 0 Å². The Balaban J connectivity index is 1.45. The summed E-state index contributed by atoms with van der Waals surface area (Å²) >= 11 is 0. The maximum absolute atomic E-state index is 9.26. The largest absolute Gasteiger partial charge is 0.508 e. The summed E-state index contributed by atoms with van der Waals surface area (Å²) in [5, 5.41) is 18.5. The normalized spacial score (nSPS) is 10.6. The third kappa shape index (κ3) is 5.26. The van der Waals surface area contributed by atoms with Gasteiger partial charge in [0.25, 0.3) is 0 Å². The minimum atomic E-state index is 0.250. The number of hydrogen-bond acceptors (Lipinski definition) is 4. The molecule has 0 aromatic heterocycles. The zero-order valence-corrected chi connectivity index (χ0v) is 13.8. The van der Waals surface area contributed by atoms with E-state index < -0.39 is 0 Å². The van der Waals surface area contributed by atoms with Crippen molar-refractivity contribution in [1.29, 1.82) is 0 Å². The molecule has 0 fully saturated rings. The molecule has 0 saturated heterocycles. The van der Waals surface area contributed by atoms with Crippen LogP contribution in [0.1, 0.15) is 16.7 Å². The third-order valence-electron chi connectivity index (χ3n) is 3.74. The molecule has 128 valence electrons. The van der Waals surface area contributed by atoms with Crippen molar-refractivity contribution in [2.75, 3.05) is 0 Å². The molecular formula is C21H20O4. The van der Waals surface area contributed by atoms with Gasteiger partial charge in [0, 0.05) is 0 Å². The van der Waals surface area contributed by atoms with Crippen LogP contribution in [0.25, 0.3) is 0 Å². The molecule has 0 heterocycles. The quantitative estimate of drug-likeness (QED) is 0.672. The van der Waals surface area contributed by atoms with Crippen molar-refractivity contribution in [3.8, 4) is 17.2 Å². The van der Waals surface area contributed by atoms with Crippen LogP contribution in [0.3, 0.4) is 0 Å². The predicted molar refractivity (Wildman–Crippen MR) is 95.5 cm³/mol. The number of rotatable bonds is 7. The lowest BCUT2D eigenvalue weighted by Gasteiger charge is -2.08. The van der Waals surface area contributed by atoms with Gasteiger partial charge >= 0.3 is 0 Å². The first-order valence-corrected chi connectivity index (χ1v) is 8.04. The van der Waals surface area contributed by atoms with E-state index in [0.717, 1.165) is 22.4 Å². The van der Waals surface area contributed by atoms with Gasteiger partial charge in [-0.05, 0) is 53.1 Å². The van der Waals surface area contributed by atoms with Gasteiger partial charge in [0.15, 0.2) is 0 Å². The van der Waals surface area contributed by atoms with E-state index in [1.807, 2.05) is 48.5 Å². The van der Waals surface area contributed by atoms with Crippen molar-refractivity contribution in [1.82, 2.24) is 0 Å². The van der Waals surface area contributed by atoms with Crippen LogP contribution in [0.2, 0.25) is 0 Å². The summed E-state index contributed by atoms with van der Waals surface area (Å²) in [6.07, 6.45) is 0. The highest BCUT2D eigenvalue weighted by atomic mass is 16.5. The SMILES string of the molecule is Oc1ccc(COCc2ccc(OCc3ccc(O)cc3)cc2)cc1. The Morgan fingerprint density at radius 3 is 1.40 bits per heavy atom. The van der Waals surface area contributed by atoms with Crippen molar-refractivity contribution in [3.63, 3.8) is 0 Å². The molecular weight excluding hydrogens is 316 g/mol. The van der Waals surface area contributed by atoms with Crippen LogP contribution < -0.4 is 4.74 Å². The molecule has 0 aliphatic heterocycles. The molecule has 0 aliphatic rings. The Labute approximate surface area is 146 Å². The molecule has 0 bridgehead atoms. The van der Waals surface area contributed by atoms with E-state index in [1.54, 1.807) is 24.3 Å². The Kier molecular flexibility index (Phi) is 5.54. The van der Waals surface area contributed by atoms with Gasteiger partial charge in [-0.2, -0.15) is 0 Å². The lowest BCUT2D eigenvalue weighted by atomic mass is 10.2. The predicted octanol–water partition coefficient (Wildman–Crippen LogP) is 4.39. The van der Waals surface area contributed by atoms with Gasteiger partial charge in [0.05, 0.1) is 13.2 Å². The van der Waals surface area contributed by atoms with E-state index in [4.69, 9.17) is 9.47 Å². The topological polar surface area (TPSA) is 58.9 Å². The molecule has 25 heavy (non-hydrogen) atoms. The molecule has 3 rings (SSSR count). The molecule has 4 nitrogen and oxygen atoms in total. The van der Waals surface area contributed by atoms with E-state index in [2.05, 4.69) is 0 Å². The van der Waals surface area contributed by atoms with Gasteiger partial charge in [-0.1, -0.05) is 36.4 Å². The zero-order valence-electron chi connectivity index (χ0n) is 13.8. The molecule has 4 heteroatoms. The van der Waals surface area contributed by atoms with Gasteiger partial charge < -0.3 is 19.7 Å². The van der Waals surface area contributed by atoms with Crippen molar-refractivity contribution >= 4 is 0 Å². The molecule has 0 radical (unpaired) electrons. The first-order chi connectivity index (χ1) is 12.2. The Morgan fingerprint density at radius 2 is 0.920 bits per heavy atom. The molecule has 0 spiro atoms. The number of phenols is 2. The van der Waals surface area contributed by atoms with Gasteiger partial charge in [0.2, 0.25) is 0 Å². The smallest absolute Gasteiger partial charge is 0.119 e. The van der Waals surface area contributed by atoms with Gasteiger partial charge in [-0.3, -0.25) is 0 Å². The summed E-state index contributed by atoms with van der Waals surface area (Å²) in [7, 11) is 0. The second-order valence-electron chi connectivity index (χ2n) is 5.76. The van der Waals surface area contributed by atoms with Crippen molar-refractivity contribution in [3.05, 3.63) is 89.5 Å². The van der Waals surface area contributed by atoms with Crippen LogP contribution >= 0.6 is 0 Å². The third-order valence-corrected chi connectivity index (χ3v) is 3.74. The number of aromatic hydroxyl groups is 2. The number of benzene rings is 3. The minimum Gasteiger partial charge on any atom is -0.508 e. The van der Waals surface area contributed by atoms with Crippen LogP contribution in [-0.2, 0) is 24.6 Å². The molecule has 2 N–H and O–H groups in total. The molecule has 0 amide bonds. The first kappa shape index (κ1) is 16.9. The monoisotopic (exact) mass is 336 g/mol. The minimum absolute atomic E-state index is 0.250. The number of ether oxygens (including phenoxy) is 2. The van der Waals surface area contributed by atoms with E-state index in [9.17, 15) is 10.2 Å². The molecule has 0 unspecified atom stereocenters. The van der Waals surface area contributed by atoms with E-state index in [1.165, 1.54) is 0 Å². The highest BCUT2D eigenvalue weighted by molar-refractivity contribution is 5.29. The maximum atomic E-state index is 9.26. The summed E-state index contributed by atoms with van der Waals surface area (Å²) in [5.74, 6) is 1.29. The lowest BCUT2D eigenvalue weighted by Crippen LogP contribution is -1.96. The second kappa shape index (κ2) is 8.22. The van der Waals surface area contributed by atoms with Crippen molar-refractivity contribution in [2.24, 2.45) is 0 Å². The summed E-state index contributed by atoms with van der Waals surface area (Å²) in [6, 6.07) is 21.7. The Morgan fingerprint density at radius 1 is 0.520 bits per heavy atom. The fraction of sp³-hybridized carbons (Fsp3) is 0.143. The second-order valence-corrected chi connectivity index (χ2v) is 5.76. The average molecular weight is 336 g/mol. The Hall–Kier alpha value is -2.98. The molecule has 3 aromatic rings. The van der Waals surface area contributed by atoms with Crippen LogP contribution in [0.5, 0.6) is 17.2 Å². The summed E-state index contributed by atoms with van der Waals surface area (Å²) in [5.41, 5.74) is 3.08. The van der Waals surface area contributed by atoms with E-state index >= 15 is 0 Å². The van der Waals surface area contributed by atoms with Crippen molar-refractivity contribution in [2.45, 2.75) is 19.8 Å². The van der Waals surface area contributed by atoms with Gasteiger partial charge in [-0.25, -0.2) is 0 Å². The molecule has 0 saturated carbocycles. The summed E-state index contributed by atoms with van der Waals surface area (Å²) in [4.78, 5) is 0. The number of phenolic OH excluding ortho intramolecular Hbond substituents is 2. The Bertz CT molecular complexity index is 778. The number of hydrogen-bond donors (Lipinski definition) is 2. The van der Waals surface area contributed by atoms with E-state index in [-0.39, 0.29) is 11.5 Å². The van der Waals surface area contributed by atoms with Crippen LogP contribution in [0.4, 0.5) is 0 Å². The highest BCUT2D eigenvalue weighted by Gasteiger charge is 1.99. The summed E-state index contributed by atoms with van der Waals surface area (Å²) < 4.78 is 11.4. The molecule has 3 aromatic carbocycles. The zero-order chi connectivity index (χ0) is 17.5. The highest BCUT2D eigenvalue weighted by Crippen LogP contribution is 2.17. The van der Waals surface area contributed by atoms with Gasteiger partial charge in [-0.15, -0.1) is 0 Å². The van der Waals surface area contributed by atoms with Crippen molar-refractivity contribution < 1.29 is 19.7 Å². The lowest BCUT2D eigenvalue weighted by molar-refractivity contribution is 0.107. The maximum Gasteiger partial charge on any atom is 0.119 e. The molecule has 0 atom stereocenters. The molecule has 0 aliphatic carbocycles. The first-order valence-electron chi connectivity index (χ1n) is 8.04. The van der Waals surface area contributed by atoms with E-state index in [0.29, 0.717) is 19.8 Å². The standard InChI is InChI=1S/C21H20O4/c22-19-7-1-16(2-8-19)13-24-14-17-5-11-21(12-6-17)25-15-18-3-9-20(23)10-4-18/h1-12,22-23H,13-15H2. The summed E-state index contributed by atoms with van der Waals surface area (Å²) in [6.45, 7) is 1.47. The fourth-order valence-corrected chi connectivity index (χ4v) is 2.32. The van der Waals surface area contributed by atoms with Crippen LogP contribution in [0.15, 0.2) is 72.8 Å². The average Bonchev–Trinajstić information content (AvgIpc) is 2.64. The fourth-order valence-electron chi connectivity index (χ4n) is 2.32. The van der Waals surface area contributed by atoms with Crippen LogP contribution in [-0.4, -0.2) is 10.2 Å². The van der Waals surface area contributed by atoms with Gasteiger partial charge in [0.1, 0.15) is 23.9 Å².